The smallest absolute Gasteiger partial charge is 0.243 e. The maximum Gasteiger partial charge on any atom is 0.243 e. The maximum absolute atomic E-state index is 13.1. The largest absolute Gasteiger partial charge is 0.385 e. The first-order valence-corrected chi connectivity index (χ1v) is 11.7. The number of ether oxygens (including phenoxy) is 1. The van der Waals surface area contributed by atoms with Crippen LogP contribution in [-0.4, -0.2) is 51.5 Å². The number of amides is 1. The summed E-state index contributed by atoms with van der Waals surface area (Å²) in [6.45, 7) is 2.54. The van der Waals surface area contributed by atoms with Crippen LogP contribution >= 0.6 is 23.2 Å². The third-order valence-electron chi connectivity index (χ3n) is 4.99. The average Bonchev–Trinajstić information content (AvgIpc) is 2.65. The molecule has 1 aromatic rings. The summed E-state index contributed by atoms with van der Waals surface area (Å²) in [5, 5.41) is 3.41. The van der Waals surface area contributed by atoms with Gasteiger partial charge >= 0.3 is 0 Å². The van der Waals surface area contributed by atoms with Crippen molar-refractivity contribution in [3.63, 3.8) is 0 Å². The number of hydrogen-bond acceptors (Lipinski definition) is 4. The molecule has 1 amide bonds. The highest BCUT2D eigenvalue weighted by Crippen LogP contribution is 2.27. The van der Waals surface area contributed by atoms with Crippen LogP contribution in [0, 0.1) is 5.92 Å². The third-order valence-corrected chi connectivity index (χ3v) is 7.57. The molecule has 28 heavy (non-hydrogen) atoms. The van der Waals surface area contributed by atoms with Gasteiger partial charge in [0.25, 0.3) is 0 Å². The number of hydrogen-bond donors (Lipinski definition) is 1. The number of carbonyl (C=O) groups excluding carboxylic acids is 1. The van der Waals surface area contributed by atoms with Crippen LogP contribution in [0.5, 0.6) is 0 Å². The molecule has 2 rings (SSSR count). The molecule has 158 valence electrons. The minimum absolute atomic E-state index is 0.0126. The summed E-state index contributed by atoms with van der Waals surface area (Å²) in [6, 6.07) is 4.25. The van der Waals surface area contributed by atoms with Gasteiger partial charge in [-0.25, -0.2) is 8.42 Å². The van der Waals surface area contributed by atoms with Gasteiger partial charge in [-0.2, -0.15) is 4.31 Å². The van der Waals surface area contributed by atoms with E-state index in [4.69, 9.17) is 27.9 Å². The highest BCUT2D eigenvalue weighted by atomic mass is 35.5. The fourth-order valence-electron chi connectivity index (χ4n) is 3.29. The maximum atomic E-state index is 13.1. The monoisotopic (exact) mass is 450 g/mol. The Morgan fingerprint density at radius 1 is 1.21 bits per heavy atom. The van der Waals surface area contributed by atoms with Crippen LogP contribution < -0.4 is 5.32 Å². The van der Waals surface area contributed by atoms with Gasteiger partial charge in [0.1, 0.15) is 0 Å². The van der Waals surface area contributed by atoms with Gasteiger partial charge in [0.05, 0.1) is 21.5 Å². The van der Waals surface area contributed by atoms with Crippen molar-refractivity contribution < 1.29 is 17.9 Å². The molecule has 0 atom stereocenters. The highest BCUT2D eigenvalue weighted by molar-refractivity contribution is 7.89. The predicted molar refractivity (Wildman–Crippen MR) is 111 cm³/mol. The molecule has 1 fully saturated rings. The van der Waals surface area contributed by atoms with Crippen LogP contribution in [0.1, 0.15) is 39.0 Å². The van der Waals surface area contributed by atoms with E-state index in [9.17, 15) is 13.2 Å². The van der Waals surface area contributed by atoms with E-state index in [1.807, 2.05) is 0 Å². The average molecular weight is 451 g/mol. The molecule has 6 nitrogen and oxygen atoms in total. The molecular formula is C19H28Cl2N2O4S. The summed E-state index contributed by atoms with van der Waals surface area (Å²) in [6.07, 6.45) is 4.48. The van der Waals surface area contributed by atoms with Crippen molar-refractivity contribution in [2.45, 2.75) is 50.0 Å². The molecule has 0 unspecified atom stereocenters. The first-order valence-electron chi connectivity index (χ1n) is 9.47. The SMILES string of the molecule is COCCCN(CC(=O)NC1CCC(C)CC1)S(=O)(=O)c1ccc(Cl)c(Cl)c1. The molecule has 1 saturated carbocycles. The quantitative estimate of drug-likeness (QED) is 0.581. The molecule has 0 heterocycles. The van der Waals surface area contributed by atoms with Gasteiger partial charge in [0, 0.05) is 26.3 Å². The summed E-state index contributed by atoms with van der Waals surface area (Å²) >= 11 is 11.9. The summed E-state index contributed by atoms with van der Waals surface area (Å²) in [5.41, 5.74) is 0. The Labute approximate surface area is 177 Å². The second-order valence-electron chi connectivity index (χ2n) is 7.29. The molecule has 1 N–H and O–H groups in total. The lowest BCUT2D eigenvalue weighted by atomic mass is 9.87. The van der Waals surface area contributed by atoms with E-state index in [0.29, 0.717) is 18.9 Å². The van der Waals surface area contributed by atoms with E-state index in [0.717, 1.165) is 25.7 Å². The van der Waals surface area contributed by atoms with Crippen molar-refractivity contribution in [3.8, 4) is 0 Å². The van der Waals surface area contributed by atoms with Gasteiger partial charge in [0.2, 0.25) is 15.9 Å². The van der Waals surface area contributed by atoms with E-state index >= 15 is 0 Å². The predicted octanol–water partition coefficient (Wildman–Crippen LogP) is 3.72. The number of rotatable bonds is 9. The Kier molecular flexibility index (Phi) is 9.02. The van der Waals surface area contributed by atoms with Gasteiger partial charge in [-0.1, -0.05) is 30.1 Å². The highest BCUT2D eigenvalue weighted by Gasteiger charge is 2.28. The standard InChI is InChI=1S/C19H28Cl2N2O4S/c1-14-4-6-15(7-5-14)22-19(24)13-23(10-3-11-27-2)28(25,26)16-8-9-17(20)18(21)12-16/h8-9,12,14-15H,3-7,10-11,13H2,1-2H3,(H,22,24). The lowest BCUT2D eigenvalue weighted by molar-refractivity contribution is -0.122. The molecule has 0 aromatic heterocycles. The number of nitrogens with one attached hydrogen (secondary N) is 1. The Bertz CT molecular complexity index is 765. The molecule has 0 radical (unpaired) electrons. The fraction of sp³-hybridized carbons (Fsp3) is 0.632. The van der Waals surface area contributed by atoms with Crippen LogP contribution in [0.3, 0.4) is 0 Å². The molecular weight excluding hydrogens is 423 g/mol. The minimum Gasteiger partial charge on any atom is -0.385 e. The lowest BCUT2D eigenvalue weighted by Crippen LogP contribution is -2.45. The summed E-state index contributed by atoms with van der Waals surface area (Å²) in [5.74, 6) is 0.384. The van der Waals surface area contributed by atoms with Crippen LogP contribution in [0.2, 0.25) is 10.0 Å². The lowest BCUT2D eigenvalue weighted by Gasteiger charge is -2.28. The van der Waals surface area contributed by atoms with Crippen LogP contribution in [0.15, 0.2) is 23.1 Å². The Balaban J connectivity index is 2.11. The minimum atomic E-state index is -3.89. The van der Waals surface area contributed by atoms with Crippen molar-refractivity contribution in [1.29, 1.82) is 0 Å². The van der Waals surface area contributed by atoms with Gasteiger partial charge < -0.3 is 10.1 Å². The van der Waals surface area contributed by atoms with Crippen LogP contribution in [0.4, 0.5) is 0 Å². The first-order chi connectivity index (χ1) is 13.2. The van der Waals surface area contributed by atoms with E-state index < -0.39 is 10.0 Å². The van der Waals surface area contributed by atoms with Crippen molar-refractivity contribution >= 4 is 39.1 Å². The molecule has 0 aliphatic heterocycles. The zero-order valence-corrected chi connectivity index (χ0v) is 18.6. The normalized spacial score (nSPS) is 20.3. The van der Waals surface area contributed by atoms with Crippen molar-refractivity contribution in [2.75, 3.05) is 26.8 Å². The van der Waals surface area contributed by atoms with E-state index in [1.165, 1.54) is 22.5 Å². The number of halogens is 2. The number of benzene rings is 1. The number of methoxy groups -OCH3 is 1. The molecule has 0 saturated heterocycles. The Morgan fingerprint density at radius 2 is 1.89 bits per heavy atom. The van der Waals surface area contributed by atoms with Crippen molar-refractivity contribution in [1.82, 2.24) is 9.62 Å². The van der Waals surface area contributed by atoms with E-state index in [-0.39, 0.29) is 40.0 Å². The van der Waals surface area contributed by atoms with Gasteiger partial charge in [-0.05, 0) is 56.2 Å². The Hall–Kier alpha value is -0.860. The molecule has 1 aromatic carbocycles. The summed E-state index contributed by atoms with van der Waals surface area (Å²) < 4.78 is 32.3. The van der Waals surface area contributed by atoms with Gasteiger partial charge in [0.15, 0.2) is 0 Å². The third kappa shape index (κ3) is 6.59. The van der Waals surface area contributed by atoms with Gasteiger partial charge in [-0.15, -0.1) is 0 Å². The number of carbonyl (C=O) groups is 1. The first kappa shape index (κ1) is 23.4. The molecule has 1 aliphatic rings. The molecule has 1 aliphatic carbocycles. The Morgan fingerprint density at radius 3 is 2.50 bits per heavy atom. The van der Waals surface area contributed by atoms with Crippen LogP contribution in [0.25, 0.3) is 0 Å². The zero-order chi connectivity index (χ0) is 20.7. The fourth-order valence-corrected chi connectivity index (χ4v) is 5.12. The van der Waals surface area contributed by atoms with Gasteiger partial charge in [-0.3, -0.25) is 4.79 Å². The summed E-state index contributed by atoms with van der Waals surface area (Å²) in [7, 11) is -2.34. The van der Waals surface area contributed by atoms with E-state index in [2.05, 4.69) is 12.2 Å². The second-order valence-corrected chi connectivity index (χ2v) is 10.0. The number of sulfonamides is 1. The topological polar surface area (TPSA) is 75.7 Å². The van der Waals surface area contributed by atoms with E-state index in [1.54, 1.807) is 7.11 Å². The molecule has 9 heteroatoms. The molecule has 0 bridgehead atoms. The number of nitrogens with zero attached hydrogens (tertiary/aromatic N) is 1. The van der Waals surface area contributed by atoms with Crippen molar-refractivity contribution in [3.05, 3.63) is 28.2 Å². The van der Waals surface area contributed by atoms with Crippen molar-refractivity contribution in [2.24, 2.45) is 5.92 Å². The summed E-state index contributed by atoms with van der Waals surface area (Å²) in [4.78, 5) is 12.6. The van der Waals surface area contributed by atoms with Crippen LogP contribution in [-0.2, 0) is 19.6 Å². The zero-order valence-electron chi connectivity index (χ0n) is 16.3. The second kappa shape index (κ2) is 10.8. The molecule has 0 spiro atoms.